The standard InChI is InChI=1S/C33H32BrCl2N3O4S/c1-23(2)37-33(41)31(20-24-10-5-3-6-11-24)38(21-28-29(35)14-9-15-30(28)36)32(40)22-39(26-18-16-25(34)17-19-26)44(42,43)27-12-7-4-8-13-27/h3-19,23,31H,20-22H2,1-2H3,(H,37,41)/t31-/m1/s1. The summed E-state index contributed by atoms with van der Waals surface area (Å²) in [6.07, 6.45) is 0.178. The summed E-state index contributed by atoms with van der Waals surface area (Å²) in [5.74, 6) is -0.996. The highest BCUT2D eigenvalue weighted by Gasteiger charge is 2.35. The van der Waals surface area contributed by atoms with Crippen molar-refractivity contribution in [2.45, 2.75) is 43.8 Å². The number of anilines is 1. The Morgan fingerprint density at radius 2 is 1.39 bits per heavy atom. The van der Waals surface area contributed by atoms with Gasteiger partial charge in [-0.1, -0.05) is 93.7 Å². The molecule has 0 radical (unpaired) electrons. The SMILES string of the molecule is CC(C)NC(=O)[C@@H](Cc1ccccc1)N(Cc1c(Cl)cccc1Cl)C(=O)CN(c1ccc(Br)cc1)S(=O)(=O)c1ccccc1. The molecule has 4 aromatic carbocycles. The number of benzene rings is 4. The van der Waals surface area contributed by atoms with Crippen molar-refractivity contribution in [1.82, 2.24) is 10.2 Å². The van der Waals surface area contributed by atoms with E-state index in [2.05, 4.69) is 21.2 Å². The summed E-state index contributed by atoms with van der Waals surface area (Å²) >= 11 is 16.5. The molecular weight excluding hydrogens is 685 g/mol. The molecular formula is C33H32BrCl2N3O4S. The lowest BCUT2D eigenvalue weighted by Crippen LogP contribution is -2.54. The van der Waals surface area contributed by atoms with Gasteiger partial charge in [-0.3, -0.25) is 13.9 Å². The van der Waals surface area contributed by atoms with Gasteiger partial charge in [0, 0.05) is 39.1 Å². The molecule has 2 amide bonds. The minimum absolute atomic E-state index is 0.0230. The molecule has 7 nitrogen and oxygen atoms in total. The first-order valence-electron chi connectivity index (χ1n) is 13.9. The zero-order valence-corrected chi connectivity index (χ0v) is 28.1. The quantitative estimate of drug-likeness (QED) is 0.169. The average Bonchev–Trinajstić information content (AvgIpc) is 3.00. The normalized spacial score (nSPS) is 12.0. The van der Waals surface area contributed by atoms with Gasteiger partial charge in [-0.15, -0.1) is 0 Å². The van der Waals surface area contributed by atoms with Crippen LogP contribution in [0, 0.1) is 0 Å². The number of hydrogen-bond acceptors (Lipinski definition) is 4. The van der Waals surface area contributed by atoms with Crippen molar-refractivity contribution in [2.24, 2.45) is 0 Å². The molecule has 0 saturated carbocycles. The summed E-state index contributed by atoms with van der Waals surface area (Å²) in [6.45, 7) is 2.95. The molecule has 0 bridgehead atoms. The fourth-order valence-corrected chi connectivity index (χ4v) is 6.86. The smallest absolute Gasteiger partial charge is 0.264 e. The van der Waals surface area contributed by atoms with Gasteiger partial charge >= 0.3 is 0 Å². The summed E-state index contributed by atoms with van der Waals surface area (Å²) in [7, 11) is -4.19. The van der Waals surface area contributed by atoms with E-state index in [-0.39, 0.29) is 35.5 Å². The van der Waals surface area contributed by atoms with Crippen LogP contribution in [0.2, 0.25) is 10.0 Å². The average molecular weight is 718 g/mol. The third kappa shape index (κ3) is 8.41. The number of halogens is 3. The van der Waals surface area contributed by atoms with Crippen LogP contribution in [0.1, 0.15) is 25.0 Å². The van der Waals surface area contributed by atoms with Crippen LogP contribution in [0.25, 0.3) is 0 Å². The lowest BCUT2D eigenvalue weighted by atomic mass is 10.0. The Labute approximate surface area is 277 Å². The van der Waals surface area contributed by atoms with Crippen molar-refractivity contribution in [2.75, 3.05) is 10.8 Å². The van der Waals surface area contributed by atoms with Crippen molar-refractivity contribution in [3.8, 4) is 0 Å². The highest BCUT2D eigenvalue weighted by atomic mass is 79.9. The molecule has 1 N–H and O–H groups in total. The Balaban J connectivity index is 1.83. The summed E-state index contributed by atoms with van der Waals surface area (Å²) in [5.41, 5.74) is 1.55. The van der Waals surface area contributed by atoms with Crippen LogP contribution < -0.4 is 9.62 Å². The highest BCUT2D eigenvalue weighted by Crippen LogP contribution is 2.29. The maximum Gasteiger partial charge on any atom is 0.264 e. The molecule has 11 heteroatoms. The summed E-state index contributed by atoms with van der Waals surface area (Å²) in [4.78, 5) is 29.6. The fourth-order valence-electron chi connectivity index (χ4n) is 4.64. The van der Waals surface area contributed by atoms with Crippen molar-refractivity contribution >= 4 is 66.7 Å². The summed E-state index contributed by atoms with van der Waals surface area (Å²) < 4.78 is 29.8. The van der Waals surface area contributed by atoms with Crippen LogP contribution in [0.15, 0.2) is 112 Å². The molecule has 0 aliphatic carbocycles. The van der Waals surface area contributed by atoms with Crippen molar-refractivity contribution in [3.63, 3.8) is 0 Å². The number of nitrogens with zero attached hydrogens (tertiary/aromatic N) is 2. The van der Waals surface area contributed by atoms with E-state index in [1.165, 1.54) is 17.0 Å². The second-order valence-electron chi connectivity index (χ2n) is 10.4. The molecule has 4 aromatic rings. The van der Waals surface area contributed by atoms with Gasteiger partial charge in [0.05, 0.1) is 10.6 Å². The van der Waals surface area contributed by atoms with E-state index >= 15 is 0 Å². The molecule has 0 aromatic heterocycles. The van der Waals surface area contributed by atoms with Gasteiger partial charge in [0.15, 0.2) is 0 Å². The Kier molecular flexibility index (Phi) is 11.5. The number of hydrogen-bond donors (Lipinski definition) is 1. The summed E-state index contributed by atoms with van der Waals surface area (Å²) in [5, 5.41) is 3.56. The van der Waals surface area contributed by atoms with Crippen LogP contribution in [0.4, 0.5) is 5.69 Å². The Hall–Kier alpha value is -3.37. The van der Waals surface area contributed by atoms with Crippen LogP contribution in [-0.2, 0) is 32.6 Å². The third-order valence-electron chi connectivity index (χ3n) is 6.82. The Bertz CT molecular complexity index is 1670. The first-order chi connectivity index (χ1) is 21.0. The number of sulfonamides is 1. The molecule has 0 aliphatic heterocycles. The first-order valence-corrected chi connectivity index (χ1v) is 16.9. The largest absolute Gasteiger partial charge is 0.352 e. The molecule has 4 rings (SSSR count). The first kappa shape index (κ1) is 33.5. The Morgan fingerprint density at radius 3 is 1.95 bits per heavy atom. The lowest BCUT2D eigenvalue weighted by molar-refractivity contribution is -0.140. The van der Waals surface area contributed by atoms with E-state index in [4.69, 9.17) is 23.2 Å². The van der Waals surface area contributed by atoms with Crippen LogP contribution in [-0.4, -0.2) is 43.8 Å². The van der Waals surface area contributed by atoms with Crippen LogP contribution in [0.3, 0.4) is 0 Å². The molecule has 0 unspecified atom stereocenters. The van der Waals surface area contributed by atoms with Gasteiger partial charge in [-0.05, 0) is 67.9 Å². The molecule has 0 heterocycles. The van der Waals surface area contributed by atoms with Crippen LogP contribution >= 0.6 is 39.1 Å². The van der Waals surface area contributed by atoms with Crippen molar-refractivity contribution < 1.29 is 18.0 Å². The maximum atomic E-state index is 14.5. The molecule has 1 atom stereocenters. The molecule has 0 aliphatic rings. The summed E-state index contributed by atoms with van der Waals surface area (Å²) in [6, 6.07) is 27.6. The zero-order valence-electron chi connectivity index (χ0n) is 24.2. The van der Waals surface area contributed by atoms with Gasteiger partial charge in [0.2, 0.25) is 11.8 Å². The molecule has 0 saturated heterocycles. The monoisotopic (exact) mass is 715 g/mol. The number of carbonyl (C=O) groups excluding carboxylic acids is 2. The second kappa shape index (κ2) is 15.1. The number of rotatable bonds is 12. The van der Waals surface area contributed by atoms with Gasteiger partial charge in [0.25, 0.3) is 10.0 Å². The number of carbonyl (C=O) groups is 2. The van der Waals surface area contributed by atoms with E-state index in [9.17, 15) is 18.0 Å². The second-order valence-corrected chi connectivity index (χ2v) is 14.0. The fraction of sp³-hybridized carbons (Fsp3) is 0.212. The lowest BCUT2D eigenvalue weighted by Gasteiger charge is -2.34. The van der Waals surface area contributed by atoms with Gasteiger partial charge in [-0.2, -0.15) is 0 Å². The molecule has 230 valence electrons. The number of amides is 2. The van der Waals surface area contributed by atoms with Gasteiger partial charge < -0.3 is 10.2 Å². The highest BCUT2D eigenvalue weighted by molar-refractivity contribution is 9.10. The van der Waals surface area contributed by atoms with Crippen molar-refractivity contribution in [1.29, 1.82) is 0 Å². The van der Waals surface area contributed by atoms with Crippen LogP contribution in [0.5, 0.6) is 0 Å². The van der Waals surface area contributed by atoms with E-state index in [0.29, 0.717) is 15.6 Å². The van der Waals surface area contributed by atoms with E-state index in [1.54, 1.807) is 60.7 Å². The zero-order chi connectivity index (χ0) is 31.9. The van der Waals surface area contributed by atoms with Gasteiger partial charge in [0.1, 0.15) is 12.6 Å². The van der Waals surface area contributed by atoms with Gasteiger partial charge in [-0.25, -0.2) is 8.42 Å². The predicted molar refractivity (Wildman–Crippen MR) is 179 cm³/mol. The van der Waals surface area contributed by atoms with E-state index < -0.39 is 28.5 Å². The minimum Gasteiger partial charge on any atom is -0.352 e. The minimum atomic E-state index is -4.19. The predicted octanol–water partition coefficient (Wildman–Crippen LogP) is 7.12. The molecule has 0 fully saturated rings. The molecule has 44 heavy (non-hydrogen) atoms. The van der Waals surface area contributed by atoms with Crippen molar-refractivity contribution in [3.05, 3.63) is 129 Å². The van der Waals surface area contributed by atoms with E-state index in [0.717, 1.165) is 14.3 Å². The third-order valence-corrected chi connectivity index (χ3v) is 9.84. The number of nitrogens with one attached hydrogen (secondary N) is 1. The molecule has 0 spiro atoms. The van der Waals surface area contributed by atoms with E-state index in [1.807, 2.05) is 44.2 Å². The Morgan fingerprint density at radius 1 is 0.818 bits per heavy atom. The topological polar surface area (TPSA) is 86.8 Å². The maximum absolute atomic E-state index is 14.5.